The number of hydrogen-bond donors (Lipinski definition) is 1. The third-order valence-electron chi connectivity index (χ3n) is 2.67. The molecule has 1 N–H and O–H groups in total. The zero-order valence-electron chi connectivity index (χ0n) is 10.2. The molecule has 0 bridgehead atoms. The highest BCUT2D eigenvalue weighted by Crippen LogP contribution is 2.38. The van der Waals surface area contributed by atoms with Crippen LogP contribution in [0.2, 0.25) is 0 Å². The van der Waals surface area contributed by atoms with Crippen LogP contribution in [0.25, 0.3) is 22.9 Å². The summed E-state index contributed by atoms with van der Waals surface area (Å²) in [4.78, 5) is 11.0. The van der Waals surface area contributed by atoms with Gasteiger partial charge in [0.05, 0.1) is 18.7 Å². The van der Waals surface area contributed by atoms with Crippen LogP contribution in [-0.2, 0) is 0 Å². The lowest BCUT2D eigenvalue weighted by Gasteiger charge is -1.97. The van der Waals surface area contributed by atoms with Crippen LogP contribution in [0.4, 0.5) is 0 Å². The molecule has 0 radical (unpaired) electrons. The minimum Gasteiger partial charge on any atom is -0.478 e. The van der Waals surface area contributed by atoms with Crippen molar-refractivity contribution in [2.45, 2.75) is 0 Å². The van der Waals surface area contributed by atoms with Gasteiger partial charge in [-0.25, -0.2) is 4.79 Å². The van der Waals surface area contributed by atoms with Crippen LogP contribution < -0.4 is 0 Å². The molecule has 3 aromatic rings. The van der Waals surface area contributed by atoms with E-state index in [0.29, 0.717) is 11.5 Å². The molecule has 0 unspecified atom stereocenters. The Kier molecular flexibility index (Phi) is 3.92. The Labute approximate surface area is 139 Å². The first kappa shape index (κ1) is 14.4. The lowest BCUT2D eigenvalue weighted by molar-refractivity contribution is 0.0697. The van der Waals surface area contributed by atoms with E-state index in [2.05, 4.69) is 42.1 Å². The molecule has 0 aliphatic rings. The summed E-state index contributed by atoms with van der Waals surface area (Å²) in [5, 5.41) is 17.0. The van der Waals surface area contributed by atoms with E-state index < -0.39 is 5.97 Å². The molecule has 21 heavy (non-hydrogen) atoms. The highest BCUT2D eigenvalue weighted by Gasteiger charge is 2.16. The van der Waals surface area contributed by atoms with Crippen LogP contribution in [0.3, 0.4) is 0 Å². The third-order valence-corrected chi connectivity index (χ3v) is 5.01. The van der Waals surface area contributed by atoms with Gasteiger partial charge in [0.2, 0.25) is 11.8 Å². The van der Waals surface area contributed by atoms with Gasteiger partial charge in [-0.2, -0.15) is 0 Å². The van der Waals surface area contributed by atoms with Gasteiger partial charge in [0.15, 0.2) is 0 Å². The van der Waals surface area contributed by atoms with Crippen LogP contribution in [0.1, 0.15) is 10.4 Å². The number of nitrogens with zero attached hydrogens (tertiary/aromatic N) is 2. The maximum absolute atomic E-state index is 11.0. The van der Waals surface area contributed by atoms with Gasteiger partial charge < -0.3 is 9.52 Å². The summed E-state index contributed by atoms with van der Waals surface area (Å²) in [6.45, 7) is 0. The summed E-state index contributed by atoms with van der Waals surface area (Å²) in [5.41, 5.74) is 1.53. The predicted molar refractivity (Wildman–Crippen MR) is 85.4 cm³/mol. The van der Waals surface area contributed by atoms with Crippen molar-refractivity contribution in [1.82, 2.24) is 10.2 Å². The maximum atomic E-state index is 11.0. The molecule has 2 heterocycles. The average Bonchev–Trinajstić information content (AvgIpc) is 3.05. The standard InChI is InChI=1S/C13H6Br2N2O3S/c14-9-5-8(10(15)21-9)12-17-16-11(20-12)6-2-1-3-7(4-6)13(18)19/h1-5H,(H,18,19). The van der Waals surface area contributed by atoms with Crippen molar-refractivity contribution in [1.29, 1.82) is 0 Å². The molecule has 3 rings (SSSR count). The number of carboxylic acids is 1. The summed E-state index contributed by atoms with van der Waals surface area (Å²) in [6, 6.07) is 8.25. The van der Waals surface area contributed by atoms with Gasteiger partial charge in [-0.05, 0) is 56.1 Å². The third kappa shape index (κ3) is 2.92. The minimum atomic E-state index is -0.999. The molecule has 0 spiro atoms. The molecular weight excluding hydrogens is 424 g/mol. The lowest BCUT2D eigenvalue weighted by Crippen LogP contribution is -1.95. The van der Waals surface area contributed by atoms with E-state index in [1.807, 2.05) is 6.07 Å². The molecule has 1 aromatic carbocycles. The number of rotatable bonds is 3. The van der Waals surface area contributed by atoms with Crippen LogP contribution in [-0.4, -0.2) is 21.3 Å². The molecule has 106 valence electrons. The normalized spacial score (nSPS) is 10.8. The Morgan fingerprint density at radius 2 is 1.95 bits per heavy atom. The van der Waals surface area contributed by atoms with E-state index in [0.717, 1.165) is 13.1 Å². The van der Waals surface area contributed by atoms with Crippen molar-refractivity contribution in [3.63, 3.8) is 0 Å². The van der Waals surface area contributed by atoms with Crippen LogP contribution in [0, 0.1) is 0 Å². The summed E-state index contributed by atoms with van der Waals surface area (Å²) < 4.78 is 7.45. The molecule has 0 aliphatic carbocycles. The van der Waals surface area contributed by atoms with E-state index in [-0.39, 0.29) is 11.5 Å². The fraction of sp³-hybridized carbons (Fsp3) is 0. The number of carboxylic acid groups (broad SMARTS) is 1. The molecule has 0 amide bonds. The van der Waals surface area contributed by atoms with E-state index in [1.165, 1.54) is 23.5 Å². The summed E-state index contributed by atoms with van der Waals surface area (Å²) in [5.74, 6) is -0.344. The Bertz CT molecular complexity index is 828. The van der Waals surface area contributed by atoms with Crippen molar-refractivity contribution >= 4 is 49.2 Å². The lowest BCUT2D eigenvalue weighted by atomic mass is 10.1. The van der Waals surface area contributed by atoms with Crippen molar-refractivity contribution in [3.05, 3.63) is 43.5 Å². The smallest absolute Gasteiger partial charge is 0.335 e. The fourth-order valence-corrected chi connectivity index (χ4v) is 4.50. The molecule has 0 fully saturated rings. The van der Waals surface area contributed by atoms with E-state index in [4.69, 9.17) is 9.52 Å². The topological polar surface area (TPSA) is 76.2 Å². The largest absolute Gasteiger partial charge is 0.478 e. The van der Waals surface area contributed by atoms with Crippen molar-refractivity contribution < 1.29 is 14.3 Å². The van der Waals surface area contributed by atoms with Gasteiger partial charge in [-0.15, -0.1) is 21.5 Å². The number of hydrogen-bond acceptors (Lipinski definition) is 5. The number of aromatic carboxylic acids is 1. The quantitative estimate of drug-likeness (QED) is 0.653. The van der Waals surface area contributed by atoms with Crippen LogP contribution in [0.15, 0.2) is 42.3 Å². The highest BCUT2D eigenvalue weighted by molar-refractivity contribution is 9.12. The number of carbonyl (C=O) groups is 1. The fourth-order valence-electron chi connectivity index (χ4n) is 1.72. The van der Waals surface area contributed by atoms with E-state index in [1.54, 1.807) is 12.1 Å². The van der Waals surface area contributed by atoms with Gasteiger partial charge in [0, 0.05) is 5.56 Å². The predicted octanol–water partition coefficient (Wildman–Crippen LogP) is 4.69. The van der Waals surface area contributed by atoms with Crippen LogP contribution >= 0.6 is 43.2 Å². The summed E-state index contributed by atoms with van der Waals surface area (Å²) in [7, 11) is 0. The molecule has 0 saturated heterocycles. The molecule has 0 saturated carbocycles. The summed E-state index contributed by atoms with van der Waals surface area (Å²) >= 11 is 8.33. The Morgan fingerprint density at radius 1 is 1.19 bits per heavy atom. The number of thiophene rings is 1. The van der Waals surface area contributed by atoms with Gasteiger partial charge in [-0.3, -0.25) is 0 Å². The van der Waals surface area contributed by atoms with Crippen molar-refractivity contribution in [3.8, 4) is 22.9 Å². The Balaban J connectivity index is 2.00. The zero-order valence-corrected chi connectivity index (χ0v) is 14.2. The number of benzene rings is 1. The van der Waals surface area contributed by atoms with Gasteiger partial charge >= 0.3 is 5.97 Å². The summed E-state index contributed by atoms with van der Waals surface area (Å²) in [6.07, 6.45) is 0. The van der Waals surface area contributed by atoms with Crippen LogP contribution in [0.5, 0.6) is 0 Å². The van der Waals surface area contributed by atoms with Gasteiger partial charge in [0.25, 0.3) is 0 Å². The van der Waals surface area contributed by atoms with Crippen molar-refractivity contribution in [2.75, 3.05) is 0 Å². The maximum Gasteiger partial charge on any atom is 0.335 e. The second-order valence-electron chi connectivity index (χ2n) is 4.04. The first-order chi connectivity index (χ1) is 10.0. The number of aromatic nitrogens is 2. The number of halogens is 2. The Morgan fingerprint density at radius 3 is 2.62 bits per heavy atom. The molecule has 2 aromatic heterocycles. The second-order valence-corrected chi connectivity index (χ2v) is 7.79. The highest BCUT2D eigenvalue weighted by atomic mass is 79.9. The zero-order chi connectivity index (χ0) is 15.0. The van der Waals surface area contributed by atoms with Crippen molar-refractivity contribution in [2.24, 2.45) is 0 Å². The average molecular weight is 430 g/mol. The molecule has 8 heteroatoms. The first-order valence-corrected chi connectivity index (χ1v) is 8.07. The first-order valence-electron chi connectivity index (χ1n) is 5.67. The van der Waals surface area contributed by atoms with E-state index >= 15 is 0 Å². The Hall–Kier alpha value is -1.51. The minimum absolute atomic E-state index is 0.173. The SMILES string of the molecule is O=C(O)c1cccc(-c2nnc(-c3cc(Br)sc3Br)o2)c1. The molecule has 0 atom stereocenters. The monoisotopic (exact) mass is 428 g/mol. The van der Waals surface area contributed by atoms with Gasteiger partial charge in [0.1, 0.15) is 0 Å². The second kappa shape index (κ2) is 5.70. The molecule has 5 nitrogen and oxygen atoms in total. The molecule has 0 aliphatic heterocycles. The molecular formula is C13H6Br2N2O3S. The van der Waals surface area contributed by atoms with E-state index in [9.17, 15) is 4.79 Å². The van der Waals surface area contributed by atoms with Gasteiger partial charge in [-0.1, -0.05) is 6.07 Å².